The highest BCUT2D eigenvalue weighted by Crippen LogP contribution is 2.14. The fourth-order valence-electron chi connectivity index (χ4n) is 3.47. The van der Waals surface area contributed by atoms with Gasteiger partial charge < -0.3 is 29.6 Å². The van der Waals surface area contributed by atoms with Gasteiger partial charge >= 0.3 is 0 Å². The molecule has 2 aliphatic heterocycles. The summed E-state index contributed by atoms with van der Waals surface area (Å²) < 4.78 is 22.6. The molecule has 0 aliphatic carbocycles. The standard InChI is InChI=1S/C22H35N3O4/c1-17(14-28-21-8-11-27-16-21)25-22(23-2)24-13-18-4-3-5-19(12-18)15-29-20-6-9-26-10-7-20/h3-5,12,17,20-21H,6-11,13-16H2,1-2H3,(H2,23,24,25). The summed E-state index contributed by atoms with van der Waals surface area (Å²) in [4.78, 5) is 4.32. The molecule has 2 saturated heterocycles. The summed E-state index contributed by atoms with van der Waals surface area (Å²) in [5, 5.41) is 6.76. The second-order valence-corrected chi connectivity index (χ2v) is 7.73. The van der Waals surface area contributed by atoms with Gasteiger partial charge in [-0.15, -0.1) is 0 Å². The average molecular weight is 406 g/mol. The molecule has 2 fully saturated rings. The van der Waals surface area contributed by atoms with Crippen LogP contribution >= 0.6 is 0 Å². The largest absolute Gasteiger partial charge is 0.381 e. The average Bonchev–Trinajstić information content (AvgIpc) is 3.28. The van der Waals surface area contributed by atoms with Crippen LogP contribution in [0.25, 0.3) is 0 Å². The van der Waals surface area contributed by atoms with E-state index in [2.05, 4.69) is 46.8 Å². The molecule has 0 amide bonds. The van der Waals surface area contributed by atoms with E-state index in [1.165, 1.54) is 11.1 Å². The van der Waals surface area contributed by atoms with Crippen molar-refractivity contribution in [3.05, 3.63) is 35.4 Å². The van der Waals surface area contributed by atoms with Crippen molar-refractivity contribution in [3.8, 4) is 0 Å². The number of aliphatic imine (C=N–C) groups is 1. The SMILES string of the molecule is CN=C(NCc1cccc(COC2CCOCC2)c1)NC(C)COC1CCOC1. The van der Waals surface area contributed by atoms with E-state index in [-0.39, 0.29) is 12.1 Å². The maximum atomic E-state index is 6.03. The van der Waals surface area contributed by atoms with Gasteiger partial charge in [0.25, 0.3) is 0 Å². The van der Waals surface area contributed by atoms with E-state index < -0.39 is 0 Å². The zero-order chi connectivity index (χ0) is 20.3. The Balaban J connectivity index is 1.39. The van der Waals surface area contributed by atoms with E-state index in [0.717, 1.165) is 45.0 Å². The van der Waals surface area contributed by atoms with Crippen molar-refractivity contribution in [2.45, 2.75) is 57.6 Å². The Bertz CT molecular complexity index is 628. The number of ether oxygens (including phenoxy) is 4. The lowest BCUT2D eigenvalue weighted by Crippen LogP contribution is -2.44. The van der Waals surface area contributed by atoms with E-state index in [4.69, 9.17) is 18.9 Å². The van der Waals surface area contributed by atoms with Crippen LogP contribution in [0, 0.1) is 0 Å². The summed E-state index contributed by atoms with van der Waals surface area (Å²) in [6.07, 6.45) is 3.49. The van der Waals surface area contributed by atoms with Gasteiger partial charge in [-0.1, -0.05) is 24.3 Å². The van der Waals surface area contributed by atoms with E-state index in [1.54, 1.807) is 7.05 Å². The maximum absolute atomic E-state index is 6.03. The lowest BCUT2D eigenvalue weighted by atomic mass is 10.1. The van der Waals surface area contributed by atoms with Crippen molar-refractivity contribution < 1.29 is 18.9 Å². The number of hydrogen-bond acceptors (Lipinski definition) is 5. The fraction of sp³-hybridized carbons (Fsp3) is 0.682. The van der Waals surface area contributed by atoms with Gasteiger partial charge in [0, 0.05) is 39.5 Å². The third-order valence-electron chi connectivity index (χ3n) is 5.18. The van der Waals surface area contributed by atoms with Gasteiger partial charge in [-0.05, 0) is 37.3 Å². The van der Waals surface area contributed by atoms with Crippen LogP contribution in [-0.4, -0.2) is 64.3 Å². The molecule has 2 aliphatic rings. The third-order valence-corrected chi connectivity index (χ3v) is 5.18. The molecule has 3 rings (SSSR count). The van der Waals surface area contributed by atoms with Gasteiger partial charge in [0.1, 0.15) is 0 Å². The van der Waals surface area contributed by atoms with Crippen molar-refractivity contribution in [1.29, 1.82) is 0 Å². The molecule has 7 heteroatoms. The summed E-state index contributed by atoms with van der Waals surface area (Å²) in [6, 6.07) is 8.66. The van der Waals surface area contributed by atoms with Crippen molar-refractivity contribution in [2.24, 2.45) is 4.99 Å². The Morgan fingerprint density at radius 1 is 1.10 bits per heavy atom. The molecule has 1 aromatic carbocycles. The van der Waals surface area contributed by atoms with E-state index in [1.807, 2.05) is 0 Å². The van der Waals surface area contributed by atoms with Gasteiger partial charge in [-0.2, -0.15) is 0 Å². The van der Waals surface area contributed by atoms with Crippen LogP contribution in [0.3, 0.4) is 0 Å². The van der Waals surface area contributed by atoms with Crippen LogP contribution in [0.4, 0.5) is 0 Å². The second kappa shape index (κ2) is 12.1. The molecule has 2 unspecified atom stereocenters. The molecule has 0 bridgehead atoms. The minimum absolute atomic E-state index is 0.168. The summed E-state index contributed by atoms with van der Waals surface area (Å²) in [6.45, 7) is 7.19. The normalized spacial score (nSPS) is 21.9. The molecule has 0 saturated carbocycles. The van der Waals surface area contributed by atoms with Crippen molar-refractivity contribution in [1.82, 2.24) is 10.6 Å². The highest BCUT2D eigenvalue weighted by Gasteiger charge is 2.17. The van der Waals surface area contributed by atoms with Crippen LogP contribution in [0.2, 0.25) is 0 Å². The minimum Gasteiger partial charge on any atom is -0.381 e. The Labute approximate surface area is 174 Å². The first-order valence-electron chi connectivity index (χ1n) is 10.7. The zero-order valence-electron chi connectivity index (χ0n) is 17.7. The molecule has 29 heavy (non-hydrogen) atoms. The molecular formula is C22H35N3O4. The van der Waals surface area contributed by atoms with E-state index in [0.29, 0.717) is 32.5 Å². The Hall–Kier alpha value is -1.67. The first-order valence-corrected chi connectivity index (χ1v) is 10.7. The number of benzene rings is 1. The molecule has 0 aromatic heterocycles. The van der Waals surface area contributed by atoms with Gasteiger partial charge in [0.2, 0.25) is 0 Å². The molecule has 1 aromatic rings. The summed E-state index contributed by atoms with van der Waals surface area (Å²) in [7, 11) is 1.78. The Kier molecular flexibility index (Phi) is 9.21. The number of guanidine groups is 1. The van der Waals surface area contributed by atoms with Gasteiger partial charge in [-0.25, -0.2) is 0 Å². The molecule has 2 heterocycles. The van der Waals surface area contributed by atoms with E-state index >= 15 is 0 Å². The number of nitrogens with one attached hydrogen (secondary N) is 2. The Morgan fingerprint density at radius 3 is 2.62 bits per heavy atom. The summed E-state index contributed by atoms with van der Waals surface area (Å²) in [5.74, 6) is 0.771. The molecule has 0 radical (unpaired) electrons. The lowest BCUT2D eigenvalue weighted by molar-refractivity contribution is -0.0390. The highest BCUT2D eigenvalue weighted by molar-refractivity contribution is 5.79. The van der Waals surface area contributed by atoms with Crippen LogP contribution in [-0.2, 0) is 32.1 Å². The third kappa shape index (κ3) is 7.93. The van der Waals surface area contributed by atoms with Gasteiger partial charge in [0.05, 0.1) is 32.0 Å². The first-order chi connectivity index (χ1) is 14.2. The quantitative estimate of drug-likeness (QED) is 0.485. The highest BCUT2D eigenvalue weighted by atomic mass is 16.5. The van der Waals surface area contributed by atoms with Crippen LogP contribution in [0.15, 0.2) is 29.3 Å². The molecule has 7 nitrogen and oxygen atoms in total. The molecule has 0 spiro atoms. The second-order valence-electron chi connectivity index (χ2n) is 7.73. The summed E-state index contributed by atoms with van der Waals surface area (Å²) >= 11 is 0. The monoisotopic (exact) mass is 405 g/mol. The number of nitrogens with zero attached hydrogens (tertiary/aromatic N) is 1. The lowest BCUT2D eigenvalue weighted by Gasteiger charge is -2.22. The van der Waals surface area contributed by atoms with Crippen LogP contribution in [0.1, 0.15) is 37.3 Å². The smallest absolute Gasteiger partial charge is 0.191 e. The molecule has 162 valence electrons. The first kappa shape index (κ1) is 22.0. The molecule has 2 atom stereocenters. The fourth-order valence-corrected chi connectivity index (χ4v) is 3.47. The molecular weight excluding hydrogens is 370 g/mol. The minimum atomic E-state index is 0.168. The topological polar surface area (TPSA) is 73.3 Å². The van der Waals surface area contributed by atoms with Crippen molar-refractivity contribution in [2.75, 3.05) is 40.1 Å². The van der Waals surface area contributed by atoms with Crippen molar-refractivity contribution in [3.63, 3.8) is 0 Å². The number of rotatable bonds is 9. The molecule has 2 N–H and O–H groups in total. The van der Waals surface area contributed by atoms with Gasteiger partial charge in [-0.3, -0.25) is 4.99 Å². The maximum Gasteiger partial charge on any atom is 0.191 e. The van der Waals surface area contributed by atoms with Crippen LogP contribution < -0.4 is 10.6 Å². The predicted molar refractivity (Wildman–Crippen MR) is 113 cm³/mol. The van der Waals surface area contributed by atoms with E-state index in [9.17, 15) is 0 Å². The van der Waals surface area contributed by atoms with Crippen LogP contribution in [0.5, 0.6) is 0 Å². The number of hydrogen-bond donors (Lipinski definition) is 2. The Morgan fingerprint density at radius 2 is 1.86 bits per heavy atom. The van der Waals surface area contributed by atoms with Gasteiger partial charge in [0.15, 0.2) is 5.96 Å². The predicted octanol–water partition coefficient (Wildman–Crippen LogP) is 2.24. The zero-order valence-corrected chi connectivity index (χ0v) is 17.7. The summed E-state index contributed by atoms with van der Waals surface area (Å²) in [5.41, 5.74) is 2.40. The van der Waals surface area contributed by atoms with Crippen molar-refractivity contribution >= 4 is 5.96 Å².